The molecule has 3 aliphatic heterocycles. The number of esters is 1. The SMILES string of the molecule is C=CCCCCOC(=O)[C@@H]1[C@@H]2CCC3(S2)C(C(=O)N(CC=C)c2c(C)cccc2C)N([C@H](CO)c2ccccc2)C(=O)[C@H]13. The molecule has 2 amide bonds. The number of carbonyl (C=O) groups is 3. The fraction of sp³-hybridized carbons (Fsp3) is 0.457. The Labute approximate surface area is 259 Å². The molecule has 2 aromatic carbocycles. The number of rotatable bonds is 13. The van der Waals surface area contributed by atoms with Crippen LogP contribution in [0.1, 0.15) is 54.8 Å². The van der Waals surface area contributed by atoms with Crippen LogP contribution in [0.5, 0.6) is 0 Å². The highest BCUT2D eigenvalue weighted by atomic mass is 32.2. The van der Waals surface area contributed by atoms with Crippen molar-refractivity contribution >= 4 is 35.2 Å². The summed E-state index contributed by atoms with van der Waals surface area (Å²) in [6.07, 6.45) is 7.37. The number of unbranched alkanes of at least 4 members (excludes halogenated alkanes) is 2. The topological polar surface area (TPSA) is 87.2 Å². The molecule has 2 aromatic rings. The van der Waals surface area contributed by atoms with Gasteiger partial charge in [-0.3, -0.25) is 14.4 Å². The van der Waals surface area contributed by atoms with E-state index < -0.39 is 28.7 Å². The largest absolute Gasteiger partial charge is 0.465 e. The first-order chi connectivity index (χ1) is 20.8. The Morgan fingerprint density at radius 2 is 1.84 bits per heavy atom. The first-order valence-electron chi connectivity index (χ1n) is 15.2. The van der Waals surface area contributed by atoms with Crippen molar-refractivity contribution in [2.75, 3.05) is 24.7 Å². The van der Waals surface area contributed by atoms with Crippen LogP contribution >= 0.6 is 11.8 Å². The number of aliphatic hydroxyl groups is 1. The standard InChI is InChI=1S/C35H42N2O5S/c1-5-7-8-12-21-42-34(41)28-27-18-19-35(43-27)29(28)32(39)37(26(22-38)25-16-10-9-11-17-25)31(35)33(40)36(20-6-2)30-23(3)14-13-15-24(30)4/h5-6,9-11,13-17,26-29,31,38H,1-2,7-8,12,18-22H2,3-4H3/t26-,27+,28-,29+,31?,35?/m1/s1. The van der Waals surface area contributed by atoms with Gasteiger partial charge >= 0.3 is 5.97 Å². The fourth-order valence-corrected chi connectivity index (χ4v) is 9.65. The van der Waals surface area contributed by atoms with E-state index in [0.29, 0.717) is 13.0 Å². The second-order valence-electron chi connectivity index (χ2n) is 11.8. The minimum absolute atomic E-state index is 0.0931. The first kappa shape index (κ1) is 31.1. The molecule has 3 fully saturated rings. The van der Waals surface area contributed by atoms with Crippen LogP contribution in [0, 0.1) is 25.7 Å². The summed E-state index contributed by atoms with van der Waals surface area (Å²) in [6.45, 7) is 11.8. The lowest BCUT2D eigenvalue weighted by Crippen LogP contribution is -2.56. The molecular formula is C35H42N2O5S. The van der Waals surface area contributed by atoms with Gasteiger partial charge in [-0.25, -0.2) is 0 Å². The molecule has 0 aliphatic carbocycles. The molecule has 0 saturated carbocycles. The van der Waals surface area contributed by atoms with Gasteiger partial charge in [-0.15, -0.1) is 24.9 Å². The first-order valence-corrected chi connectivity index (χ1v) is 16.1. The Hall–Kier alpha value is -3.36. The van der Waals surface area contributed by atoms with E-state index in [2.05, 4.69) is 13.2 Å². The van der Waals surface area contributed by atoms with Crippen molar-refractivity contribution in [3.8, 4) is 0 Å². The molecule has 0 radical (unpaired) electrons. The molecule has 1 N–H and O–H groups in total. The summed E-state index contributed by atoms with van der Waals surface area (Å²) in [5, 5.41) is 10.7. The number of nitrogens with zero attached hydrogens (tertiary/aromatic N) is 2. The Morgan fingerprint density at radius 3 is 2.49 bits per heavy atom. The van der Waals surface area contributed by atoms with E-state index in [1.54, 1.807) is 27.6 Å². The molecule has 7 nitrogen and oxygen atoms in total. The van der Waals surface area contributed by atoms with Crippen molar-refractivity contribution in [1.82, 2.24) is 4.90 Å². The normalized spacial score (nSPS) is 26.2. The van der Waals surface area contributed by atoms with Gasteiger partial charge in [0.25, 0.3) is 5.91 Å². The predicted molar refractivity (Wildman–Crippen MR) is 171 cm³/mol. The van der Waals surface area contributed by atoms with E-state index in [1.165, 1.54) is 0 Å². The van der Waals surface area contributed by atoms with E-state index in [0.717, 1.165) is 48.1 Å². The Morgan fingerprint density at radius 1 is 1.12 bits per heavy atom. The second-order valence-corrected chi connectivity index (χ2v) is 13.4. The number of hydrogen-bond donors (Lipinski definition) is 1. The smallest absolute Gasteiger partial charge is 0.310 e. The summed E-state index contributed by atoms with van der Waals surface area (Å²) >= 11 is 1.61. The number of amides is 2. The van der Waals surface area contributed by atoms with E-state index >= 15 is 0 Å². The van der Waals surface area contributed by atoms with E-state index in [-0.39, 0.29) is 36.2 Å². The maximum atomic E-state index is 15.0. The number of aliphatic hydroxyl groups excluding tert-OH is 1. The number of para-hydroxylation sites is 1. The molecule has 2 bridgehead atoms. The lowest BCUT2D eigenvalue weighted by molar-refractivity contribution is -0.154. The number of carbonyl (C=O) groups excluding carboxylic acids is 3. The van der Waals surface area contributed by atoms with Crippen molar-refractivity contribution in [2.45, 2.75) is 68.0 Å². The Bertz CT molecular complexity index is 1360. The maximum absolute atomic E-state index is 15.0. The highest BCUT2D eigenvalue weighted by molar-refractivity contribution is 8.02. The average Bonchev–Trinajstić information content (AvgIpc) is 3.65. The summed E-state index contributed by atoms with van der Waals surface area (Å²) in [5.41, 5.74) is 3.44. The number of aryl methyl sites for hydroxylation is 2. The Balaban J connectivity index is 1.58. The average molecular weight is 603 g/mol. The van der Waals surface area contributed by atoms with Crippen LogP contribution in [-0.4, -0.2) is 63.6 Å². The molecule has 43 heavy (non-hydrogen) atoms. The lowest BCUT2D eigenvalue weighted by atomic mass is 9.71. The fourth-order valence-electron chi connectivity index (χ4n) is 7.46. The van der Waals surface area contributed by atoms with Crippen molar-refractivity contribution in [3.63, 3.8) is 0 Å². The summed E-state index contributed by atoms with van der Waals surface area (Å²) in [6, 6.07) is 13.6. The molecule has 3 heterocycles. The van der Waals surface area contributed by atoms with Crippen molar-refractivity contribution in [2.24, 2.45) is 11.8 Å². The highest BCUT2D eigenvalue weighted by Crippen LogP contribution is 2.67. The van der Waals surface area contributed by atoms with Crippen molar-refractivity contribution in [1.29, 1.82) is 0 Å². The Kier molecular flexibility index (Phi) is 9.47. The number of hydrogen-bond acceptors (Lipinski definition) is 6. The molecule has 2 unspecified atom stereocenters. The molecule has 3 saturated heterocycles. The van der Waals surface area contributed by atoms with Crippen molar-refractivity contribution < 1.29 is 24.2 Å². The quantitative estimate of drug-likeness (QED) is 0.184. The van der Waals surface area contributed by atoms with Crippen LogP contribution in [0.2, 0.25) is 0 Å². The van der Waals surface area contributed by atoms with Crippen LogP contribution in [0.15, 0.2) is 73.8 Å². The van der Waals surface area contributed by atoms with Gasteiger partial charge < -0.3 is 19.6 Å². The minimum Gasteiger partial charge on any atom is -0.465 e. The number of fused-ring (bicyclic) bond motifs is 1. The molecule has 6 atom stereocenters. The monoisotopic (exact) mass is 602 g/mol. The predicted octanol–water partition coefficient (Wildman–Crippen LogP) is 5.55. The van der Waals surface area contributed by atoms with Gasteiger partial charge in [0.1, 0.15) is 6.04 Å². The molecule has 3 aliphatic rings. The van der Waals surface area contributed by atoms with Crippen LogP contribution in [0.3, 0.4) is 0 Å². The molecular weight excluding hydrogens is 560 g/mol. The van der Waals surface area contributed by atoms with Gasteiger partial charge in [-0.2, -0.15) is 0 Å². The third-order valence-electron chi connectivity index (χ3n) is 9.27. The molecule has 5 rings (SSSR count). The summed E-state index contributed by atoms with van der Waals surface area (Å²) in [5.74, 6) is -2.16. The number of allylic oxidation sites excluding steroid dienone is 1. The maximum Gasteiger partial charge on any atom is 0.310 e. The zero-order valence-electron chi connectivity index (χ0n) is 25.1. The zero-order chi connectivity index (χ0) is 30.7. The highest BCUT2D eigenvalue weighted by Gasteiger charge is 2.75. The lowest BCUT2D eigenvalue weighted by Gasteiger charge is -2.40. The number of thioether (sulfide) groups is 1. The van der Waals surface area contributed by atoms with Crippen LogP contribution in [0.4, 0.5) is 5.69 Å². The molecule has 0 aromatic heterocycles. The van der Waals surface area contributed by atoms with Gasteiger partial charge in [0.15, 0.2) is 0 Å². The second kappa shape index (κ2) is 13.1. The van der Waals surface area contributed by atoms with Gasteiger partial charge in [-0.1, -0.05) is 60.7 Å². The zero-order valence-corrected chi connectivity index (χ0v) is 25.9. The van der Waals surface area contributed by atoms with Gasteiger partial charge in [0, 0.05) is 17.5 Å². The van der Waals surface area contributed by atoms with Crippen LogP contribution < -0.4 is 4.90 Å². The number of benzene rings is 2. The van der Waals surface area contributed by atoms with E-state index in [4.69, 9.17) is 4.74 Å². The van der Waals surface area contributed by atoms with Gasteiger partial charge in [0.2, 0.25) is 5.91 Å². The van der Waals surface area contributed by atoms with Crippen LogP contribution in [-0.2, 0) is 19.1 Å². The molecule has 228 valence electrons. The third kappa shape index (κ3) is 5.44. The van der Waals surface area contributed by atoms with E-state index in [9.17, 15) is 19.5 Å². The van der Waals surface area contributed by atoms with Gasteiger partial charge in [0.05, 0.1) is 35.8 Å². The minimum atomic E-state index is -0.873. The van der Waals surface area contributed by atoms with E-state index in [1.807, 2.05) is 68.5 Å². The molecule has 1 spiro atoms. The van der Waals surface area contributed by atoms with Crippen molar-refractivity contribution in [3.05, 3.63) is 90.5 Å². The number of ether oxygens (including phenoxy) is 1. The van der Waals surface area contributed by atoms with Crippen LogP contribution in [0.25, 0.3) is 0 Å². The van der Waals surface area contributed by atoms with Gasteiger partial charge in [-0.05, 0) is 62.6 Å². The molecule has 8 heteroatoms. The summed E-state index contributed by atoms with van der Waals surface area (Å²) < 4.78 is 4.95. The summed E-state index contributed by atoms with van der Waals surface area (Å²) in [7, 11) is 0. The number of anilines is 1. The third-order valence-corrected chi connectivity index (χ3v) is 11.2. The number of likely N-dealkylation sites (tertiary alicyclic amines) is 1. The summed E-state index contributed by atoms with van der Waals surface area (Å²) in [4.78, 5) is 46.6.